The van der Waals surface area contributed by atoms with Crippen LogP contribution in [0.3, 0.4) is 0 Å². The molecule has 0 aliphatic rings. The van der Waals surface area contributed by atoms with E-state index in [-0.39, 0.29) is 0 Å². The first-order valence-corrected chi connectivity index (χ1v) is 22.7. The Bertz CT molecular complexity index is 3690. The molecular weight excluding hydrogens is 813 g/mol. The minimum Gasteiger partial charge on any atom is -0.456 e. The summed E-state index contributed by atoms with van der Waals surface area (Å²) in [5.74, 6) is 0.693. The first kappa shape index (κ1) is 39.7. The highest BCUT2D eigenvalue weighted by molar-refractivity contribution is 6.07. The molecular formula is C64H42N2O. The monoisotopic (exact) mass is 854 g/mol. The predicted molar refractivity (Wildman–Crippen MR) is 278 cm³/mol. The molecule has 3 heteroatoms. The Balaban J connectivity index is 0.951. The van der Waals surface area contributed by atoms with Crippen molar-refractivity contribution in [2.24, 2.45) is 0 Å². The molecule has 0 radical (unpaired) electrons. The molecule has 10 aromatic carbocycles. The van der Waals surface area contributed by atoms with Gasteiger partial charge in [0.05, 0.1) is 11.4 Å². The summed E-state index contributed by atoms with van der Waals surface area (Å²) < 4.78 is 6.44. The van der Waals surface area contributed by atoms with Crippen molar-refractivity contribution < 1.29 is 4.42 Å². The molecule has 2 aromatic heterocycles. The van der Waals surface area contributed by atoms with E-state index in [4.69, 9.17) is 14.4 Å². The van der Waals surface area contributed by atoms with E-state index in [2.05, 4.69) is 218 Å². The standard InChI is InChI=1S/C64H42N2O/c1-5-16-43(17-6-1)45-30-34-48(35-31-45)59-42-60(66-64(65-59)50-22-11-4-12-23-50)53-25-15-24-51(38-53)46-28-32-47(33-29-46)57-39-54(44-18-7-2-8-19-44)40-58(63(57)49-20-9-3-10-21-49)52-36-37-56-55-26-13-14-27-61(55)67-62(56)41-52/h1-42H. The third-order valence-electron chi connectivity index (χ3n) is 12.7. The van der Waals surface area contributed by atoms with Crippen molar-refractivity contribution in [3.63, 3.8) is 0 Å². The molecule has 12 rings (SSSR count). The van der Waals surface area contributed by atoms with Crippen LogP contribution in [-0.4, -0.2) is 9.97 Å². The molecule has 0 fully saturated rings. The number of benzene rings is 10. The van der Waals surface area contributed by atoms with Crippen molar-refractivity contribution in [3.8, 4) is 101 Å². The molecule has 0 saturated carbocycles. The maximum absolute atomic E-state index is 6.44. The lowest BCUT2D eigenvalue weighted by Gasteiger charge is -2.19. The summed E-state index contributed by atoms with van der Waals surface area (Å²) in [6.45, 7) is 0. The molecule has 12 aromatic rings. The van der Waals surface area contributed by atoms with Crippen LogP contribution in [-0.2, 0) is 0 Å². The molecule has 0 aliphatic heterocycles. The first-order chi connectivity index (χ1) is 33.2. The molecule has 0 saturated heterocycles. The SMILES string of the molecule is c1ccc(-c2ccc(-c3cc(-c4cccc(-c5ccc(-c6cc(-c7ccccc7)cc(-c7ccc8c(c7)oc7ccccc78)c6-c6ccccc6)cc5)c4)nc(-c4ccccc4)n3)cc2)cc1. The lowest BCUT2D eigenvalue weighted by Crippen LogP contribution is -1.96. The predicted octanol–water partition coefficient (Wildman–Crippen LogP) is 17.4. The highest BCUT2D eigenvalue weighted by Gasteiger charge is 2.19. The number of fused-ring (bicyclic) bond motifs is 3. The van der Waals surface area contributed by atoms with E-state index >= 15 is 0 Å². The van der Waals surface area contributed by atoms with Crippen molar-refractivity contribution in [1.29, 1.82) is 0 Å². The van der Waals surface area contributed by atoms with Gasteiger partial charge in [-0.3, -0.25) is 0 Å². The van der Waals surface area contributed by atoms with E-state index in [1.165, 1.54) is 16.7 Å². The molecule has 0 unspecified atom stereocenters. The number of aromatic nitrogens is 2. The summed E-state index contributed by atoms with van der Waals surface area (Å²) in [6, 6.07) is 90.2. The van der Waals surface area contributed by atoms with Gasteiger partial charge in [-0.15, -0.1) is 0 Å². The second-order valence-corrected chi connectivity index (χ2v) is 16.9. The summed E-state index contributed by atoms with van der Waals surface area (Å²) in [5, 5.41) is 2.24. The molecule has 314 valence electrons. The van der Waals surface area contributed by atoms with Gasteiger partial charge < -0.3 is 4.42 Å². The number of para-hydroxylation sites is 1. The Hall–Kier alpha value is -8.92. The van der Waals surface area contributed by atoms with Crippen LogP contribution in [0, 0.1) is 0 Å². The zero-order chi connectivity index (χ0) is 44.5. The lowest BCUT2D eigenvalue weighted by molar-refractivity contribution is 0.669. The second kappa shape index (κ2) is 17.2. The van der Waals surface area contributed by atoms with Crippen molar-refractivity contribution in [1.82, 2.24) is 9.97 Å². The summed E-state index contributed by atoms with van der Waals surface area (Å²) >= 11 is 0. The zero-order valence-electron chi connectivity index (χ0n) is 36.6. The Morgan fingerprint density at radius 2 is 0.687 bits per heavy atom. The fraction of sp³-hybridized carbons (Fsp3) is 0. The number of rotatable bonds is 9. The minimum absolute atomic E-state index is 0.693. The Labute approximate surface area is 390 Å². The Kier molecular flexibility index (Phi) is 10.2. The summed E-state index contributed by atoms with van der Waals surface area (Å²) in [6.07, 6.45) is 0. The van der Waals surface area contributed by atoms with Crippen LogP contribution in [0.1, 0.15) is 0 Å². The van der Waals surface area contributed by atoms with Crippen molar-refractivity contribution >= 4 is 21.9 Å². The smallest absolute Gasteiger partial charge is 0.160 e. The summed E-state index contributed by atoms with van der Waals surface area (Å²) in [4.78, 5) is 10.3. The van der Waals surface area contributed by atoms with Gasteiger partial charge in [0.1, 0.15) is 11.2 Å². The summed E-state index contributed by atoms with van der Waals surface area (Å²) in [5.41, 5.74) is 20.3. The Morgan fingerprint density at radius 3 is 1.36 bits per heavy atom. The lowest BCUT2D eigenvalue weighted by atomic mass is 9.84. The van der Waals surface area contributed by atoms with E-state index in [0.29, 0.717) is 5.82 Å². The molecule has 0 aliphatic carbocycles. The number of hydrogen-bond donors (Lipinski definition) is 0. The minimum atomic E-state index is 0.693. The van der Waals surface area contributed by atoms with Gasteiger partial charge in [-0.1, -0.05) is 212 Å². The van der Waals surface area contributed by atoms with Gasteiger partial charge in [-0.05, 0) is 109 Å². The first-order valence-electron chi connectivity index (χ1n) is 22.7. The summed E-state index contributed by atoms with van der Waals surface area (Å²) in [7, 11) is 0. The van der Waals surface area contributed by atoms with Crippen molar-refractivity contribution in [2.75, 3.05) is 0 Å². The van der Waals surface area contributed by atoms with E-state index in [1.807, 2.05) is 36.4 Å². The molecule has 0 bridgehead atoms. The highest BCUT2D eigenvalue weighted by Crippen LogP contribution is 2.45. The van der Waals surface area contributed by atoms with E-state index in [1.54, 1.807) is 0 Å². The van der Waals surface area contributed by atoms with Gasteiger partial charge in [0.15, 0.2) is 5.82 Å². The quantitative estimate of drug-likeness (QED) is 0.145. The van der Waals surface area contributed by atoms with Crippen molar-refractivity contribution in [2.45, 2.75) is 0 Å². The fourth-order valence-corrected chi connectivity index (χ4v) is 9.33. The normalized spacial score (nSPS) is 11.3. The maximum Gasteiger partial charge on any atom is 0.160 e. The third-order valence-corrected chi connectivity index (χ3v) is 12.7. The van der Waals surface area contributed by atoms with Gasteiger partial charge in [0.2, 0.25) is 0 Å². The van der Waals surface area contributed by atoms with E-state index in [9.17, 15) is 0 Å². The molecule has 0 amide bonds. The van der Waals surface area contributed by atoms with Gasteiger partial charge in [-0.2, -0.15) is 0 Å². The van der Waals surface area contributed by atoms with Gasteiger partial charge in [-0.25, -0.2) is 9.97 Å². The maximum atomic E-state index is 6.44. The van der Waals surface area contributed by atoms with Crippen LogP contribution in [0.5, 0.6) is 0 Å². The Morgan fingerprint density at radius 1 is 0.239 bits per heavy atom. The molecule has 2 heterocycles. The number of furan rings is 1. The molecule has 0 atom stereocenters. The van der Waals surface area contributed by atoms with Gasteiger partial charge >= 0.3 is 0 Å². The van der Waals surface area contributed by atoms with E-state index < -0.39 is 0 Å². The molecule has 67 heavy (non-hydrogen) atoms. The van der Waals surface area contributed by atoms with Crippen LogP contribution < -0.4 is 0 Å². The highest BCUT2D eigenvalue weighted by atomic mass is 16.3. The zero-order valence-corrected chi connectivity index (χ0v) is 36.6. The number of hydrogen-bond acceptors (Lipinski definition) is 3. The van der Waals surface area contributed by atoms with Crippen LogP contribution >= 0.6 is 0 Å². The number of nitrogens with zero attached hydrogens (tertiary/aromatic N) is 2. The molecule has 0 spiro atoms. The van der Waals surface area contributed by atoms with Gasteiger partial charge in [0.25, 0.3) is 0 Å². The van der Waals surface area contributed by atoms with Crippen LogP contribution in [0.15, 0.2) is 259 Å². The second-order valence-electron chi connectivity index (χ2n) is 16.9. The third kappa shape index (κ3) is 7.79. The van der Waals surface area contributed by atoms with Crippen molar-refractivity contribution in [3.05, 3.63) is 255 Å². The largest absolute Gasteiger partial charge is 0.456 e. The molecule has 3 nitrogen and oxygen atoms in total. The van der Waals surface area contributed by atoms with Gasteiger partial charge in [0, 0.05) is 27.5 Å². The van der Waals surface area contributed by atoms with Crippen LogP contribution in [0.4, 0.5) is 0 Å². The topological polar surface area (TPSA) is 38.9 Å². The molecule has 0 N–H and O–H groups in total. The average molecular weight is 855 g/mol. The van der Waals surface area contributed by atoms with Crippen LogP contribution in [0.2, 0.25) is 0 Å². The van der Waals surface area contributed by atoms with E-state index in [0.717, 1.165) is 100 Å². The average Bonchev–Trinajstić information content (AvgIpc) is 3.79. The van der Waals surface area contributed by atoms with Crippen LogP contribution in [0.25, 0.3) is 123 Å². The fourth-order valence-electron chi connectivity index (χ4n) is 9.33.